The first kappa shape index (κ1) is 22.0. The predicted octanol–water partition coefficient (Wildman–Crippen LogP) is 4.51. The Morgan fingerprint density at radius 1 is 1.17 bits per heavy atom. The van der Waals surface area contributed by atoms with Gasteiger partial charge in [0.25, 0.3) is 5.78 Å². The Hall–Kier alpha value is -2.72. The SMILES string of the molecule is CNc1nc(NCCCN(C)C)c2sc(-c3ccc(C(=O)C(F)(F)F)cc3)cc2n1. The first-order valence-corrected chi connectivity index (χ1v) is 10.1. The van der Waals surface area contributed by atoms with Gasteiger partial charge in [-0.15, -0.1) is 11.3 Å². The standard InChI is InChI=1S/C20H22F3N5OS/c1-24-19-26-14-11-15(12-5-7-13(8-6-12)17(29)20(21,22)23)30-16(14)18(27-19)25-9-4-10-28(2)3/h5-8,11H,4,9-10H2,1-3H3,(H2,24,25,26,27). The Kier molecular flexibility index (Phi) is 6.57. The van der Waals surface area contributed by atoms with E-state index in [9.17, 15) is 18.0 Å². The Bertz CT molecular complexity index is 1030. The first-order valence-electron chi connectivity index (χ1n) is 9.29. The predicted molar refractivity (Wildman–Crippen MR) is 114 cm³/mol. The third kappa shape index (κ3) is 5.06. The molecule has 0 fully saturated rings. The fraction of sp³-hybridized carbons (Fsp3) is 0.350. The van der Waals surface area contributed by atoms with Crippen LogP contribution >= 0.6 is 11.3 Å². The average Bonchev–Trinajstić information content (AvgIpc) is 3.14. The fourth-order valence-corrected chi connectivity index (χ4v) is 3.92. The minimum Gasteiger partial charge on any atom is -0.369 e. The van der Waals surface area contributed by atoms with Gasteiger partial charge >= 0.3 is 6.18 Å². The molecule has 2 N–H and O–H groups in total. The van der Waals surface area contributed by atoms with Crippen LogP contribution < -0.4 is 10.6 Å². The minimum atomic E-state index is -4.88. The number of hydrogen-bond acceptors (Lipinski definition) is 7. The number of aromatic nitrogens is 2. The van der Waals surface area contributed by atoms with Crippen molar-refractivity contribution in [3.63, 3.8) is 0 Å². The molecule has 0 saturated heterocycles. The van der Waals surface area contributed by atoms with Gasteiger partial charge in [-0.1, -0.05) is 24.3 Å². The molecule has 2 heterocycles. The van der Waals surface area contributed by atoms with Crippen LogP contribution in [0.1, 0.15) is 16.8 Å². The summed E-state index contributed by atoms with van der Waals surface area (Å²) in [7, 11) is 5.77. The normalized spacial score (nSPS) is 11.8. The summed E-state index contributed by atoms with van der Waals surface area (Å²) in [5.41, 5.74) is 1.06. The number of carbonyl (C=O) groups excluding carboxylic acids is 1. The van der Waals surface area contributed by atoms with Gasteiger partial charge in [0.05, 0.1) is 10.2 Å². The van der Waals surface area contributed by atoms with Gasteiger partial charge in [0.15, 0.2) is 0 Å². The summed E-state index contributed by atoms with van der Waals surface area (Å²) in [6.07, 6.45) is -3.94. The minimum absolute atomic E-state index is 0.382. The molecule has 2 aromatic heterocycles. The fourth-order valence-electron chi connectivity index (χ4n) is 2.86. The van der Waals surface area contributed by atoms with Gasteiger partial charge in [-0.2, -0.15) is 18.2 Å². The summed E-state index contributed by atoms with van der Waals surface area (Å²) >= 11 is 1.45. The number of fused-ring (bicyclic) bond motifs is 1. The lowest BCUT2D eigenvalue weighted by atomic mass is 10.1. The zero-order valence-corrected chi connectivity index (χ0v) is 17.6. The van der Waals surface area contributed by atoms with Crippen LogP contribution in [0.5, 0.6) is 0 Å². The van der Waals surface area contributed by atoms with Crippen LogP contribution in [0.4, 0.5) is 24.9 Å². The van der Waals surface area contributed by atoms with Crippen molar-refractivity contribution in [1.29, 1.82) is 0 Å². The number of alkyl halides is 3. The number of anilines is 2. The molecule has 30 heavy (non-hydrogen) atoms. The zero-order valence-electron chi connectivity index (χ0n) is 16.8. The van der Waals surface area contributed by atoms with Gasteiger partial charge < -0.3 is 15.5 Å². The summed E-state index contributed by atoms with van der Waals surface area (Å²) in [4.78, 5) is 23.3. The molecule has 0 spiro atoms. The van der Waals surface area contributed by atoms with Crippen LogP contribution in [0.25, 0.3) is 20.7 Å². The van der Waals surface area contributed by atoms with Crippen molar-refractivity contribution in [3.05, 3.63) is 35.9 Å². The van der Waals surface area contributed by atoms with E-state index in [1.807, 2.05) is 20.2 Å². The van der Waals surface area contributed by atoms with E-state index in [0.717, 1.165) is 34.6 Å². The number of carbonyl (C=O) groups is 1. The molecule has 0 bridgehead atoms. The van der Waals surface area contributed by atoms with Gasteiger partial charge in [-0.05, 0) is 38.7 Å². The van der Waals surface area contributed by atoms with E-state index < -0.39 is 12.0 Å². The Labute approximate surface area is 176 Å². The van der Waals surface area contributed by atoms with Crippen LogP contribution in [0, 0.1) is 0 Å². The van der Waals surface area contributed by atoms with E-state index in [-0.39, 0.29) is 5.56 Å². The van der Waals surface area contributed by atoms with Crippen molar-refractivity contribution >= 4 is 39.1 Å². The van der Waals surface area contributed by atoms with E-state index in [0.29, 0.717) is 17.3 Å². The van der Waals surface area contributed by atoms with Crippen molar-refractivity contribution in [3.8, 4) is 10.4 Å². The van der Waals surface area contributed by atoms with Gasteiger partial charge in [0.2, 0.25) is 5.95 Å². The van der Waals surface area contributed by atoms with Gasteiger partial charge in [0, 0.05) is 24.0 Å². The number of thiophene rings is 1. The van der Waals surface area contributed by atoms with Crippen molar-refractivity contribution in [1.82, 2.24) is 14.9 Å². The van der Waals surface area contributed by atoms with Gasteiger partial charge in [0.1, 0.15) is 5.82 Å². The molecular formula is C20H22F3N5OS. The highest BCUT2D eigenvalue weighted by molar-refractivity contribution is 7.22. The maximum Gasteiger partial charge on any atom is 0.454 e. The number of ketones is 1. The first-order chi connectivity index (χ1) is 14.2. The number of rotatable bonds is 8. The van der Waals surface area contributed by atoms with Crippen LogP contribution in [0.15, 0.2) is 30.3 Å². The molecule has 0 radical (unpaired) electrons. The maximum atomic E-state index is 12.6. The molecule has 0 atom stereocenters. The van der Waals surface area contributed by atoms with E-state index in [1.165, 1.54) is 35.6 Å². The van der Waals surface area contributed by atoms with Crippen molar-refractivity contribution in [2.45, 2.75) is 12.6 Å². The van der Waals surface area contributed by atoms with Gasteiger partial charge in [-0.25, -0.2) is 4.98 Å². The zero-order chi connectivity index (χ0) is 21.9. The Morgan fingerprint density at radius 2 is 1.87 bits per heavy atom. The number of Topliss-reactive ketones (excluding diaryl/α,β-unsaturated/α-hetero) is 1. The monoisotopic (exact) mass is 437 g/mol. The summed E-state index contributed by atoms with van der Waals surface area (Å²) in [5, 5.41) is 6.29. The van der Waals surface area contributed by atoms with E-state index >= 15 is 0 Å². The quantitative estimate of drug-likeness (QED) is 0.399. The number of halogens is 3. The summed E-state index contributed by atoms with van der Waals surface area (Å²) < 4.78 is 38.7. The second-order valence-corrected chi connectivity index (χ2v) is 8.01. The second-order valence-electron chi connectivity index (χ2n) is 6.96. The molecule has 10 heteroatoms. The van der Waals surface area contributed by atoms with Crippen LogP contribution in [-0.2, 0) is 0 Å². The summed E-state index contributed by atoms with van der Waals surface area (Å²) in [6, 6.07) is 7.29. The lowest BCUT2D eigenvalue weighted by Gasteiger charge is -2.11. The second kappa shape index (κ2) is 8.97. The highest BCUT2D eigenvalue weighted by Crippen LogP contribution is 2.37. The molecule has 0 aliphatic heterocycles. The number of benzene rings is 1. The lowest BCUT2D eigenvalue weighted by Crippen LogP contribution is -2.22. The molecule has 0 amide bonds. The van der Waals surface area contributed by atoms with E-state index in [4.69, 9.17) is 0 Å². The number of nitrogens with zero attached hydrogens (tertiary/aromatic N) is 3. The van der Waals surface area contributed by atoms with Crippen molar-refractivity contribution in [2.75, 3.05) is 44.9 Å². The molecule has 0 aliphatic carbocycles. The topological polar surface area (TPSA) is 70.2 Å². The number of hydrogen-bond donors (Lipinski definition) is 2. The van der Waals surface area contributed by atoms with Crippen LogP contribution in [-0.4, -0.2) is 61.1 Å². The highest BCUT2D eigenvalue weighted by atomic mass is 32.1. The van der Waals surface area contributed by atoms with Crippen molar-refractivity contribution < 1.29 is 18.0 Å². The van der Waals surface area contributed by atoms with Crippen LogP contribution in [0.3, 0.4) is 0 Å². The molecule has 1 aromatic carbocycles. The van der Waals surface area contributed by atoms with E-state index in [1.54, 1.807) is 7.05 Å². The van der Waals surface area contributed by atoms with E-state index in [2.05, 4.69) is 25.5 Å². The summed E-state index contributed by atoms with van der Waals surface area (Å²) in [6.45, 7) is 1.69. The smallest absolute Gasteiger partial charge is 0.369 e. The Morgan fingerprint density at radius 3 is 2.47 bits per heavy atom. The highest BCUT2D eigenvalue weighted by Gasteiger charge is 2.39. The maximum absolute atomic E-state index is 12.6. The summed E-state index contributed by atoms with van der Waals surface area (Å²) in [5.74, 6) is -0.657. The molecule has 3 rings (SSSR count). The largest absolute Gasteiger partial charge is 0.454 e. The molecule has 0 saturated carbocycles. The third-order valence-electron chi connectivity index (χ3n) is 4.36. The molecule has 3 aromatic rings. The molecule has 160 valence electrons. The lowest BCUT2D eigenvalue weighted by molar-refractivity contribution is -0.0885. The average molecular weight is 437 g/mol. The van der Waals surface area contributed by atoms with Gasteiger partial charge in [-0.3, -0.25) is 4.79 Å². The third-order valence-corrected chi connectivity index (χ3v) is 5.54. The Balaban J connectivity index is 1.88. The van der Waals surface area contributed by atoms with Crippen LogP contribution in [0.2, 0.25) is 0 Å². The molecule has 0 aliphatic rings. The molecule has 0 unspecified atom stereocenters. The molecule has 6 nitrogen and oxygen atoms in total. The van der Waals surface area contributed by atoms with Crippen molar-refractivity contribution in [2.24, 2.45) is 0 Å². The molecular weight excluding hydrogens is 415 g/mol. The number of nitrogens with one attached hydrogen (secondary N) is 2.